The summed E-state index contributed by atoms with van der Waals surface area (Å²) in [5, 5.41) is 2.97. The third kappa shape index (κ3) is 4.62. The fraction of sp³-hybridized carbons (Fsp3) is 0.200. The highest BCUT2D eigenvalue weighted by Crippen LogP contribution is 2.21. The molecule has 0 heterocycles. The van der Waals surface area contributed by atoms with Crippen LogP contribution in [-0.4, -0.2) is 18.3 Å². The van der Waals surface area contributed by atoms with Crippen molar-refractivity contribution in [2.24, 2.45) is 10.9 Å². The molecule has 0 bridgehead atoms. The van der Waals surface area contributed by atoms with Gasteiger partial charge in [-0.25, -0.2) is 0 Å². The lowest BCUT2D eigenvalue weighted by atomic mass is 10.1. The Morgan fingerprint density at radius 3 is 2.67 bits per heavy atom. The van der Waals surface area contributed by atoms with Crippen molar-refractivity contribution < 1.29 is 22.8 Å². The number of nitrogens with zero attached hydrogens (tertiary/aromatic N) is 1. The molecule has 2 N–H and O–H groups in total. The van der Waals surface area contributed by atoms with E-state index in [1.807, 2.05) is 0 Å². The highest BCUT2D eigenvalue weighted by molar-refractivity contribution is 6.30. The SMILES string of the molecule is NC(=O)C(ON=CC(F)(F)F)c1cccc(Cl)c1. The maximum atomic E-state index is 11.8. The highest BCUT2D eigenvalue weighted by atomic mass is 35.5. The molecule has 0 radical (unpaired) electrons. The molecule has 0 aliphatic carbocycles. The molecule has 0 saturated carbocycles. The van der Waals surface area contributed by atoms with Gasteiger partial charge in [-0.1, -0.05) is 28.9 Å². The number of benzene rings is 1. The quantitative estimate of drug-likeness (QED) is 0.680. The average molecular weight is 281 g/mol. The van der Waals surface area contributed by atoms with Crippen LogP contribution in [0.5, 0.6) is 0 Å². The molecule has 0 aliphatic rings. The summed E-state index contributed by atoms with van der Waals surface area (Å²) >= 11 is 5.67. The van der Waals surface area contributed by atoms with E-state index in [-0.39, 0.29) is 11.8 Å². The zero-order valence-electron chi connectivity index (χ0n) is 8.82. The van der Waals surface area contributed by atoms with E-state index in [2.05, 4.69) is 9.99 Å². The minimum Gasteiger partial charge on any atom is -0.378 e. The largest absolute Gasteiger partial charge is 0.429 e. The fourth-order valence-corrected chi connectivity index (χ4v) is 1.30. The van der Waals surface area contributed by atoms with Gasteiger partial charge in [0.1, 0.15) is 6.21 Å². The Kier molecular flexibility index (Phi) is 4.55. The molecule has 0 aliphatic heterocycles. The van der Waals surface area contributed by atoms with Gasteiger partial charge in [-0.3, -0.25) is 4.79 Å². The molecule has 98 valence electrons. The summed E-state index contributed by atoms with van der Waals surface area (Å²) in [5.74, 6) is -0.975. The predicted molar refractivity (Wildman–Crippen MR) is 59.0 cm³/mol. The second-order valence-electron chi connectivity index (χ2n) is 3.22. The number of alkyl halides is 3. The van der Waals surface area contributed by atoms with Crippen molar-refractivity contribution in [2.75, 3.05) is 0 Å². The van der Waals surface area contributed by atoms with Crippen molar-refractivity contribution in [1.29, 1.82) is 0 Å². The molecular weight excluding hydrogens is 273 g/mol. The van der Waals surface area contributed by atoms with Crippen LogP contribution in [0.3, 0.4) is 0 Å². The molecule has 1 amide bonds. The first-order valence-corrected chi connectivity index (χ1v) is 4.99. The molecular formula is C10H8ClF3N2O2. The van der Waals surface area contributed by atoms with Crippen molar-refractivity contribution in [1.82, 2.24) is 0 Å². The van der Waals surface area contributed by atoms with Gasteiger partial charge in [0.2, 0.25) is 6.10 Å². The zero-order chi connectivity index (χ0) is 13.8. The van der Waals surface area contributed by atoms with E-state index in [4.69, 9.17) is 17.3 Å². The number of halogens is 4. The molecule has 4 nitrogen and oxygen atoms in total. The van der Waals surface area contributed by atoms with E-state index in [1.165, 1.54) is 24.3 Å². The Hall–Kier alpha value is -1.76. The molecule has 1 aromatic carbocycles. The molecule has 0 saturated heterocycles. The number of amides is 1. The Bertz CT molecular complexity index is 463. The third-order valence-electron chi connectivity index (χ3n) is 1.78. The van der Waals surface area contributed by atoms with Crippen molar-refractivity contribution in [3.8, 4) is 0 Å². The lowest BCUT2D eigenvalue weighted by Gasteiger charge is -2.11. The summed E-state index contributed by atoms with van der Waals surface area (Å²) in [6, 6.07) is 5.82. The normalized spacial score (nSPS) is 13.6. The molecule has 1 atom stereocenters. The minimum atomic E-state index is -4.63. The van der Waals surface area contributed by atoms with Gasteiger partial charge in [0, 0.05) is 10.6 Å². The van der Waals surface area contributed by atoms with Crippen molar-refractivity contribution in [2.45, 2.75) is 12.3 Å². The first kappa shape index (κ1) is 14.3. The number of carbonyl (C=O) groups is 1. The van der Waals surface area contributed by atoms with Crippen LogP contribution in [-0.2, 0) is 9.63 Å². The number of oxime groups is 1. The number of hydrogen-bond donors (Lipinski definition) is 1. The molecule has 1 unspecified atom stereocenters. The van der Waals surface area contributed by atoms with Gasteiger partial charge in [-0.05, 0) is 12.1 Å². The van der Waals surface area contributed by atoms with Crippen LogP contribution >= 0.6 is 11.6 Å². The second-order valence-corrected chi connectivity index (χ2v) is 3.66. The zero-order valence-corrected chi connectivity index (χ0v) is 9.57. The van der Waals surface area contributed by atoms with Crippen LogP contribution < -0.4 is 5.73 Å². The number of primary amides is 1. The Balaban J connectivity index is 2.85. The molecule has 18 heavy (non-hydrogen) atoms. The van der Waals surface area contributed by atoms with Gasteiger partial charge >= 0.3 is 6.18 Å². The van der Waals surface area contributed by atoms with Gasteiger partial charge < -0.3 is 10.6 Å². The average Bonchev–Trinajstić information content (AvgIpc) is 2.22. The maximum Gasteiger partial charge on any atom is 0.429 e. The van der Waals surface area contributed by atoms with Crippen LogP contribution in [0.25, 0.3) is 0 Å². The lowest BCUT2D eigenvalue weighted by Crippen LogP contribution is -2.23. The molecule has 8 heteroatoms. The van der Waals surface area contributed by atoms with Gasteiger partial charge in [-0.2, -0.15) is 13.2 Å². The van der Waals surface area contributed by atoms with Crippen molar-refractivity contribution in [3.05, 3.63) is 34.9 Å². The monoisotopic (exact) mass is 280 g/mol. The number of hydrogen-bond acceptors (Lipinski definition) is 3. The summed E-state index contributed by atoms with van der Waals surface area (Å²) in [5.41, 5.74) is 5.22. The standard InChI is InChI=1S/C10H8ClF3N2O2/c11-7-3-1-2-6(4-7)8(9(15)17)18-16-5-10(12,13)14/h1-5,8H,(H2,15,17). The second kappa shape index (κ2) is 5.72. The van der Waals surface area contributed by atoms with Crippen molar-refractivity contribution >= 4 is 23.7 Å². The maximum absolute atomic E-state index is 11.8. The summed E-state index contributed by atoms with van der Waals surface area (Å²) in [7, 11) is 0. The van der Waals surface area contributed by atoms with Gasteiger partial charge in [0.25, 0.3) is 5.91 Å². The van der Waals surface area contributed by atoms with E-state index in [9.17, 15) is 18.0 Å². The van der Waals surface area contributed by atoms with Gasteiger partial charge in [0.15, 0.2) is 0 Å². The topological polar surface area (TPSA) is 64.7 Å². The number of rotatable bonds is 4. The molecule has 0 aromatic heterocycles. The fourth-order valence-electron chi connectivity index (χ4n) is 1.10. The number of nitrogens with two attached hydrogens (primary N) is 1. The summed E-state index contributed by atoms with van der Waals surface area (Å²) in [6.07, 6.45) is -6.44. The van der Waals surface area contributed by atoms with Crippen LogP contribution in [0.15, 0.2) is 29.4 Å². The van der Waals surface area contributed by atoms with Gasteiger partial charge in [-0.15, -0.1) is 0 Å². The predicted octanol–water partition coefficient (Wildman–Crippen LogP) is 2.43. The van der Waals surface area contributed by atoms with Crippen LogP contribution in [0.4, 0.5) is 13.2 Å². The van der Waals surface area contributed by atoms with Crippen LogP contribution in [0.2, 0.25) is 5.02 Å². The molecule has 1 aromatic rings. The molecule has 1 rings (SSSR count). The summed E-state index contributed by atoms with van der Waals surface area (Å²) in [4.78, 5) is 15.5. The molecule has 0 spiro atoms. The summed E-state index contributed by atoms with van der Waals surface area (Å²) in [6.45, 7) is 0. The Labute approximate surface area is 105 Å². The molecule has 0 fully saturated rings. The van der Waals surface area contributed by atoms with Crippen molar-refractivity contribution in [3.63, 3.8) is 0 Å². The van der Waals surface area contributed by atoms with Crippen LogP contribution in [0.1, 0.15) is 11.7 Å². The van der Waals surface area contributed by atoms with E-state index in [0.717, 1.165) is 0 Å². The van der Waals surface area contributed by atoms with E-state index >= 15 is 0 Å². The lowest BCUT2D eigenvalue weighted by molar-refractivity contribution is -0.130. The van der Waals surface area contributed by atoms with E-state index in [0.29, 0.717) is 5.02 Å². The third-order valence-corrected chi connectivity index (χ3v) is 2.01. The van der Waals surface area contributed by atoms with Crippen LogP contribution in [0, 0.1) is 0 Å². The van der Waals surface area contributed by atoms with Gasteiger partial charge in [0.05, 0.1) is 0 Å². The highest BCUT2D eigenvalue weighted by Gasteiger charge is 2.25. The van der Waals surface area contributed by atoms with E-state index in [1.54, 1.807) is 0 Å². The first-order valence-electron chi connectivity index (χ1n) is 4.61. The van der Waals surface area contributed by atoms with E-state index < -0.39 is 18.2 Å². The first-order chi connectivity index (χ1) is 8.29. The Morgan fingerprint density at radius 2 is 2.17 bits per heavy atom. The number of carbonyl (C=O) groups excluding carboxylic acids is 1. The Morgan fingerprint density at radius 1 is 1.50 bits per heavy atom. The smallest absolute Gasteiger partial charge is 0.378 e. The minimum absolute atomic E-state index is 0.217. The summed E-state index contributed by atoms with van der Waals surface area (Å²) < 4.78 is 35.4.